The Balaban J connectivity index is 1.45. The second-order valence-corrected chi connectivity index (χ2v) is 11.2. The molecule has 0 bridgehead atoms. The fourth-order valence-electron chi connectivity index (χ4n) is 5.49. The first-order valence-electron chi connectivity index (χ1n) is 14.6. The minimum Gasteiger partial charge on any atom is -0.507 e. The van der Waals surface area contributed by atoms with Crippen molar-refractivity contribution >= 4 is 6.29 Å². The fourth-order valence-corrected chi connectivity index (χ4v) is 5.49. The molecule has 0 spiro atoms. The van der Waals surface area contributed by atoms with E-state index in [2.05, 4.69) is 24.8 Å². The third kappa shape index (κ3) is 8.12. The molecule has 8 heteroatoms. The molecule has 224 valence electrons. The van der Waals surface area contributed by atoms with Gasteiger partial charge in [-0.3, -0.25) is 29.5 Å². The molecule has 0 aliphatic heterocycles. The number of aromatic hydroxyl groups is 2. The van der Waals surface area contributed by atoms with Gasteiger partial charge in [0.25, 0.3) is 0 Å². The molecule has 0 amide bonds. The lowest BCUT2D eigenvalue weighted by Crippen LogP contribution is -2.25. The Labute approximate surface area is 258 Å². The number of benzene rings is 2. The SMILES string of the molecule is Cc1cc(C=O)c(O)c(CN(Cc2ccccn2)Cc2cc(C)cc(CN(Cc3ccccn3)Cc3ccccn3)c2O)c1. The minimum atomic E-state index is -0.0227. The minimum absolute atomic E-state index is 0.0227. The zero-order valence-corrected chi connectivity index (χ0v) is 25.1. The molecule has 0 aliphatic rings. The van der Waals surface area contributed by atoms with Gasteiger partial charge in [-0.05, 0) is 61.9 Å². The van der Waals surface area contributed by atoms with Crippen LogP contribution in [-0.2, 0) is 39.3 Å². The van der Waals surface area contributed by atoms with Gasteiger partial charge in [0.2, 0.25) is 0 Å². The van der Waals surface area contributed by atoms with E-state index in [0.717, 1.165) is 39.3 Å². The Hall–Kier alpha value is -4.92. The number of carbonyl (C=O) groups is 1. The van der Waals surface area contributed by atoms with Crippen LogP contribution in [0.3, 0.4) is 0 Å². The van der Waals surface area contributed by atoms with E-state index in [4.69, 9.17) is 0 Å². The summed E-state index contributed by atoms with van der Waals surface area (Å²) in [6, 6.07) is 25.1. The molecule has 3 aromatic heterocycles. The maximum absolute atomic E-state index is 11.7. The lowest BCUT2D eigenvalue weighted by molar-refractivity contribution is 0.112. The van der Waals surface area contributed by atoms with Gasteiger partial charge in [0.15, 0.2) is 6.29 Å². The molecule has 44 heavy (non-hydrogen) atoms. The maximum atomic E-state index is 11.7. The molecule has 0 aliphatic carbocycles. The molecule has 0 atom stereocenters. The molecule has 3 heterocycles. The van der Waals surface area contributed by atoms with Crippen LogP contribution in [0.4, 0.5) is 0 Å². The second kappa shape index (κ2) is 14.5. The quantitative estimate of drug-likeness (QED) is 0.159. The Morgan fingerprint density at radius 3 is 1.34 bits per heavy atom. The molecule has 0 saturated heterocycles. The number of pyridine rings is 3. The number of phenols is 2. The van der Waals surface area contributed by atoms with Crippen molar-refractivity contribution in [2.24, 2.45) is 0 Å². The molecule has 8 nitrogen and oxygen atoms in total. The van der Waals surface area contributed by atoms with Gasteiger partial charge >= 0.3 is 0 Å². The standard InChI is InChI=1S/C36H37N5O3/c1-26-15-28(19-40(22-32-9-3-6-12-37-32)20-30-17-27(2)18-31(25-42)36(30)44)35(43)29(16-26)21-41(23-33-10-4-7-13-38-33)24-34-11-5-8-14-39-34/h3-18,25,43-44H,19-24H2,1-2H3. The Kier molecular flexibility index (Phi) is 10.1. The molecular formula is C36H37N5O3. The lowest BCUT2D eigenvalue weighted by atomic mass is 10.0. The zero-order chi connectivity index (χ0) is 30.9. The highest BCUT2D eigenvalue weighted by molar-refractivity contribution is 5.80. The summed E-state index contributed by atoms with van der Waals surface area (Å²) in [4.78, 5) is 29.5. The smallest absolute Gasteiger partial charge is 0.153 e. The highest BCUT2D eigenvalue weighted by atomic mass is 16.3. The van der Waals surface area contributed by atoms with Crippen LogP contribution >= 0.6 is 0 Å². The summed E-state index contributed by atoms with van der Waals surface area (Å²) >= 11 is 0. The number of nitrogens with zero attached hydrogens (tertiary/aromatic N) is 5. The molecule has 2 aromatic carbocycles. The Bertz CT molecular complexity index is 1640. The van der Waals surface area contributed by atoms with Crippen molar-refractivity contribution in [1.29, 1.82) is 0 Å². The van der Waals surface area contributed by atoms with Crippen LogP contribution in [0.2, 0.25) is 0 Å². The highest BCUT2D eigenvalue weighted by Gasteiger charge is 2.19. The van der Waals surface area contributed by atoms with E-state index in [1.54, 1.807) is 24.7 Å². The van der Waals surface area contributed by atoms with Crippen LogP contribution in [0.1, 0.15) is 55.3 Å². The molecule has 0 radical (unpaired) electrons. The second-order valence-electron chi connectivity index (χ2n) is 11.2. The summed E-state index contributed by atoms with van der Waals surface area (Å²) in [6.07, 6.45) is 6.00. The van der Waals surface area contributed by atoms with Gasteiger partial charge in [0.05, 0.1) is 22.6 Å². The van der Waals surface area contributed by atoms with Crippen molar-refractivity contribution < 1.29 is 15.0 Å². The number of carbonyl (C=O) groups excluding carboxylic acids is 1. The largest absolute Gasteiger partial charge is 0.507 e. The number of phenolic OH excluding ortho intramolecular Hbond substituents is 2. The van der Waals surface area contributed by atoms with E-state index in [1.165, 1.54) is 0 Å². The summed E-state index contributed by atoms with van der Waals surface area (Å²) in [6.45, 7) is 6.86. The van der Waals surface area contributed by atoms with E-state index in [9.17, 15) is 15.0 Å². The van der Waals surface area contributed by atoms with Crippen molar-refractivity contribution in [2.45, 2.75) is 53.1 Å². The molecular weight excluding hydrogens is 550 g/mol. The maximum Gasteiger partial charge on any atom is 0.153 e. The number of rotatable bonds is 13. The van der Waals surface area contributed by atoms with Crippen LogP contribution in [0, 0.1) is 13.8 Å². The van der Waals surface area contributed by atoms with Gasteiger partial charge in [0, 0.05) is 74.5 Å². The predicted molar refractivity (Wildman–Crippen MR) is 170 cm³/mol. The van der Waals surface area contributed by atoms with Crippen LogP contribution in [0.15, 0.2) is 97.5 Å². The number of aldehydes is 1. The third-order valence-corrected chi connectivity index (χ3v) is 7.42. The van der Waals surface area contributed by atoms with Gasteiger partial charge in [-0.15, -0.1) is 0 Å². The van der Waals surface area contributed by atoms with Crippen molar-refractivity contribution in [2.75, 3.05) is 0 Å². The molecule has 0 saturated carbocycles. The monoisotopic (exact) mass is 587 g/mol. The van der Waals surface area contributed by atoms with Crippen LogP contribution in [0.25, 0.3) is 0 Å². The van der Waals surface area contributed by atoms with Gasteiger partial charge in [-0.1, -0.05) is 42.0 Å². The summed E-state index contributed by atoms with van der Waals surface area (Å²) in [7, 11) is 0. The van der Waals surface area contributed by atoms with Gasteiger partial charge < -0.3 is 10.2 Å². The van der Waals surface area contributed by atoms with Crippen LogP contribution in [0.5, 0.6) is 11.5 Å². The first-order chi connectivity index (χ1) is 21.4. The van der Waals surface area contributed by atoms with Crippen LogP contribution in [-0.4, -0.2) is 41.3 Å². The molecule has 0 unspecified atom stereocenters. The normalized spacial score (nSPS) is 11.3. The van der Waals surface area contributed by atoms with E-state index in [1.807, 2.05) is 86.6 Å². The number of hydrogen-bond donors (Lipinski definition) is 2. The van der Waals surface area contributed by atoms with Crippen molar-refractivity contribution in [3.8, 4) is 11.5 Å². The number of hydrogen-bond acceptors (Lipinski definition) is 8. The van der Waals surface area contributed by atoms with E-state index in [0.29, 0.717) is 51.1 Å². The molecule has 2 N–H and O–H groups in total. The van der Waals surface area contributed by atoms with E-state index in [-0.39, 0.29) is 17.1 Å². The van der Waals surface area contributed by atoms with Gasteiger partial charge in [-0.25, -0.2) is 0 Å². The lowest BCUT2D eigenvalue weighted by Gasteiger charge is -2.26. The van der Waals surface area contributed by atoms with E-state index >= 15 is 0 Å². The Morgan fingerprint density at radius 1 is 0.568 bits per heavy atom. The van der Waals surface area contributed by atoms with Gasteiger partial charge in [-0.2, -0.15) is 0 Å². The van der Waals surface area contributed by atoms with Crippen LogP contribution < -0.4 is 0 Å². The topological polar surface area (TPSA) is 103 Å². The summed E-state index contributed by atoms with van der Waals surface area (Å²) in [5.74, 6) is 0.209. The van der Waals surface area contributed by atoms with E-state index < -0.39 is 0 Å². The zero-order valence-electron chi connectivity index (χ0n) is 25.1. The summed E-state index contributed by atoms with van der Waals surface area (Å²) < 4.78 is 0. The van der Waals surface area contributed by atoms with Gasteiger partial charge in [0.1, 0.15) is 11.5 Å². The molecule has 5 aromatic rings. The summed E-state index contributed by atoms with van der Waals surface area (Å²) in [5, 5.41) is 22.5. The first-order valence-corrected chi connectivity index (χ1v) is 14.6. The molecule has 5 rings (SSSR count). The highest BCUT2D eigenvalue weighted by Crippen LogP contribution is 2.31. The molecule has 0 fully saturated rings. The average Bonchev–Trinajstić information content (AvgIpc) is 3.02. The predicted octanol–water partition coefficient (Wildman–Crippen LogP) is 6.12. The van der Waals surface area contributed by atoms with Crippen molar-refractivity contribution in [3.63, 3.8) is 0 Å². The number of aryl methyl sites for hydroxylation is 2. The average molecular weight is 588 g/mol. The fraction of sp³-hybridized carbons (Fsp3) is 0.222. The summed E-state index contributed by atoms with van der Waals surface area (Å²) in [5.41, 5.74) is 7.14. The van der Waals surface area contributed by atoms with Crippen molar-refractivity contribution in [1.82, 2.24) is 24.8 Å². The van der Waals surface area contributed by atoms with Crippen molar-refractivity contribution in [3.05, 3.63) is 148 Å². The number of aromatic nitrogens is 3. The third-order valence-electron chi connectivity index (χ3n) is 7.42. The Morgan fingerprint density at radius 2 is 0.955 bits per heavy atom. The first kappa shape index (κ1) is 30.5.